The van der Waals surface area contributed by atoms with Crippen LogP contribution in [-0.4, -0.2) is 23.5 Å². The third-order valence-corrected chi connectivity index (χ3v) is 4.84. The van der Waals surface area contributed by atoms with Crippen molar-refractivity contribution in [2.45, 2.75) is 38.5 Å². The van der Waals surface area contributed by atoms with Crippen LogP contribution >= 0.6 is 24.0 Å². The highest BCUT2D eigenvalue weighted by atomic mass is 35.5. The first-order valence-electron chi connectivity index (χ1n) is 8.35. The van der Waals surface area contributed by atoms with Gasteiger partial charge in [0.2, 0.25) is 0 Å². The fourth-order valence-corrected chi connectivity index (χ4v) is 3.26. The van der Waals surface area contributed by atoms with Crippen LogP contribution in [0.5, 0.6) is 5.75 Å². The quantitative estimate of drug-likeness (QED) is 0.576. The number of carbonyl (C=O) groups excluding carboxylic acids is 2. The normalized spacial score (nSPS) is 19.6. The summed E-state index contributed by atoms with van der Waals surface area (Å²) in [5.74, 6) is -0.893. The van der Waals surface area contributed by atoms with E-state index in [0.717, 1.165) is 6.07 Å². The predicted molar refractivity (Wildman–Crippen MR) is 106 cm³/mol. The van der Waals surface area contributed by atoms with Gasteiger partial charge in [0, 0.05) is 11.1 Å². The number of hydrogen-bond donors (Lipinski definition) is 1. The van der Waals surface area contributed by atoms with Crippen molar-refractivity contribution in [3.05, 3.63) is 63.9 Å². The van der Waals surface area contributed by atoms with Gasteiger partial charge in [-0.15, -0.1) is 12.4 Å². The lowest BCUT2D eigenvalue weighted by molar-refractivity contribution is -0.0726. The number of nitrogens with two attached hydrogens (primary N) is 1. The molecule has 0 amide bonds. The minimum atomic E-state index is -0.913. The number of benzene rings is 2. The van der Waals surface area contributed by atoms with Gasteiger partial charge in [0.05, 0.1) is 16.6 Å². The van der Waals surface area contributed by atoms with Crippen LogP contribution in [0.2, 0.25) is 5.02 Å². The Morgan fingerprint density at radius 1 is 1.18 bits per heavy atom. The summed E-state index contributed by atoms with van der Waals surface area (Å²) < 4.78 is 24.9. The van der Waals surface area contributed by atoms with E-state index in [-0.39, 0.29) is 28.8 Å². The monoisotopic (exact) mass is 427 g/mol. The SMILES string of the molecule is CC(=O)c1ccc2c(c1)C(N)C(OC(=O)c1ccc(F)c(Cl)c1)C(C)(C)O2.Cl. The second kappa shape index (κ2) is 8.07. The summed E-state index contributed by atoms with van der Waals surface area (Å²) in [6.07, 6.45) is -0.830. The van der Waals surface area contributed by atoms with Crippen LogP contribution in [0.1, 0.15) is 53.1 Å². The number of ketones is 1. The number of carbonyl (C=O) groups is 2. The van der Waals surface area contributed by atoms with Crippen molar-refractivity contribution in [2.24, 2.45) is 5.73 Å². The first-order valence-corrected chi connectivity index (χ1v) is 8.73. The van der Waals surface area contributed by atoms with E-state index in [2.05, 4.69) is 0 Å². The summed E-state index contributed by atoms with van der Waals surface area (Å²) in [7, 11) is 0. The first-order chi connectivity index (χ1) is 12.6. The van der Waals surface area contributed by atoms with Crippen molar-refractivity contribution in [3.63, 3.8) is 0 Å². The summed E-state index contributed by atoms with van der Waals surface area (Å²) in [6, 6.07) is 7.87. The molecule has 0 aromatic heterocycles. The van der Waals surface area contributed by atoms with E-state index in [0.29, 0.717) is 16.9 Å². The second-order valence-corrected chi connectivity index (χ2v) is 7.40. The minimum Gasteiger partial charge on any atom is -0.484 e. The number of halogens is 3. The first kappa shape index (κ1) is 22.1. The average Bonchev–Trinajstić information content (AvgIpc) is 2.60. The van der Waals surface area contributed by atoms with E-state index in [9.17, 15) is 14.0 Å². The molecule has 0 bridgehead atoms. The standard InChI is InChI=1S/C20H19ClFNO4.ClH/c1-10(24)11-5-7-16-13(8-11)17(23)18(20(2,3)27-16)26-19(25)12-4-6-15(22)14(21)9-12;/h4-9,17-18H,23H2,1-3H3;1H. The maximum Gasteiger partial charge on any atom is 0.338 e. The van der Waals surface area contributed by atoms with E-state index in [4.69, 9.17) is 26.8 Å². The molecule has 0 saturated carbocycles. The Balaban J connectivity index is 0.00000280. The zero-order valence-electron chi connectivity index (χ0n) is 15.5. The fourth-order valence-electron chi connectivity index (χ4n) is 3.08. The molecular weight excluding hydrogens is 408 g/mol. The lowest BCUT2D eigenvalue weighted by Gasteiger charge is -2.42. The highest BCUT2D eigenvalue weighted by Crippen LogP contribution is 2.41. The Morgan fingerprint density at radius 2 is 1.82 bits per heavy atom. The topological polar surface area (TPSA) is 78.6 Å². The van der Waals surface area contributed by atoms with Gasteiger partial charge in [0.25, 0.3) is 0 Å². The molecule has 1 heterocycles. The molecule has 2 N–H and O–H groups in total. The molecule has 3 rings (SSSR count). The molecule has 2 atom stereocenters. The van der Waals surface area contributed by atoms with Crippen molar-refractivity contribution >= 4 is 35.8 Å². The summed E-state index contributed by atoms with van der Waals surface area (Å²) in [5.41, 5.74) is 6.62. The van der Waals surface area contributed by atoms with E-state index in [1.807, 2.05) is 0 Å². The maximum atomic E-state index is 13.3. The number of esters is 1. The molecule has 2 aromatic rings. The summed E-state index contributed by atoms with van der Waals surface area (Å²) in [5, 5.41) is -0.177. The molecular formula is C20H20Cl2FNO4. The highest BCUT2D eigenvalue weighted by Gasteiger charge is 2.45. The average molecular weight is 428 g/mol. The molecule has 0 aliphatic carbocycles. The minimum absolute atomic E-state index is 0. The summed E-state index contributed by atoms with van der Waals surface area (Å²) >= 11 is 5.74. The van der Waals surface area contributed by atoms with Crippen LogP contribution in [0.3, 0.4) is 0 Å². The Labute approximate surface area is 173 Å². The van der Waals surface area contributed by atoms with Crippen LogP contribution in [0, 0.1) is 5.82 Å². The number of fused-ring (bicyclic) bond motifs is 1. The Morgan fingerprint density at radius 3 is 2.43 bits per heavy atom. The molecule has 2 unspecified atom stereocenters. The van der Waals surface area contributed by atoms with Gasteiger partial charge in [0.15, 0.2) is 11.9 Å². The zero-order valence-corrected chi connectivity index (χ0v) is 17.1. The van der Waals surface area contributed by atoms with Crippen molar-refractivity contribution in [2.75, 3.05) is 0 Å². The Kier molecular flexibility index (Phi) is 6.38. The molecule has 0 spiro atoms. The van der Waals surface area contributed by atoms with Gasteiger partial charge in [-0.2, -0.15) is 0 Å². The number of Topliss-reactive ketones (excluding diaryl/α,β-unsaturated/α-hetero) is 1. The smallest absolute Gasteiger partial charge is 0.338 e. The zero-order chi connectivity index (χ0) is 19.9. The van der Waals surface area contributed by atoms with Gasteiger partial charge in [-0.3, -0.25) is 4.79 Å². The molecule has 0 fully saturated rings. The third-order valence-electron chi connectivity index (χ3n) is 4.55. The molecule has 28 heavy (non-hydrogen) atoms. The van der Waals surface area contributed by atoms with Crippen molar-refractivity contribution in [3.8, 4) is 5.75 Å². The number of ether oxygens (including phenoxy) is 2. The number of rotatable bonds is 3. The van der Waals surface area contributed by atoms with Crippen LogP contribution in [0.25, 0.3) is 0 Å². The van der Waals surface area contributed by atoms with E-state index < -0.39 is 29.5 Å². The largest absolute Gasteiger partial charge is 0.484 e. The van der Waals surface area contributed by atoms with E-state index in [1.165, 1.54) is 19.1 Å². The third kappa shape index (κ3) is 4.14. The molecule has 0 saturated heterocycles. The van der Waals surface area contributed by atoms with Crippen molar-refractivity contribution in [1.82, 2.24) is 0 Å². The van der Waals surface area contributed by atoms with Crippen LogP contribution < -0.4 is 10.5 Å². The van der Waals surface area contributed by atoms with Crippen LogP contribution in [0.15, 0.2) is 36.4 Å². The van der Waals surface area contributed by atoms with Gasteiger partial charge in [-0.25, -0.2) is 9.18 Å². The van der Waals surface area contributed by atoms with Gasteiger partial charge < -0.3 is 15.2 Å². The molecule has 8 heteroatoms. The summed E-state index contributed by atoms with van der Waals surface area (Å²) in [4.78, 5) is 24.2. The van der Waals surface area contributed by atoms with Crippen molar-refractivity contribution in [1.29, 1.82) is 0 Å². The van der Waals surface area contributed by atoms with E-state index in [1.54, 1.807) is 32.0 Å². The fraction of sp³-hybridized carbons (Fsp3) is 0.300. The highest BCUT2D eigenvalue weighted by molar-refractivity contribution is 6.31. The molecule has 150 valence electrons. The molecule has 1 aliphatic heterocycles. The van der Waals surface area contributed by atoms with Crippen LogP contribution in [-0.2, 0) is 4.74 Å². The van der Waals surface area contributed by atoms with Gasteiger partial charge in [0.1, 0.15) is 17.2 Å². The summed E-state index contributed by atoms with van der Waals surface area (Å²) in [6.45, 7) is 4.96. The molecule has 2 aromatic carbocycles. The van der Waals surface area contributed by atoms with Gasteiger partial charge >= 0.3 is 5.97 Å². The predicted octanol–water partition coefficient (Wildman–Crippen LogP) is 4.50. The maximum absolute atomic E-state index is 13.3. The van der Waals surface area contributed by atoms with Gasteiger partial charge in [-0.05, 0) is 57.2 Å². The lowest BCUT2D eigenvalue weighted by atomic mass is 9.86. The van der Waals surface area contributed by atoms with Crippen LogP contribution in [0.4, 0.5) is 4.39 Å². The number of hydrogen-bond acceptors (Lipinski definition) is 5. The Bertz CT molecular complexity index is 932. The van der Waals surface area contributed by atoms with E-state index >= 15 is 0 Å². The molecule has 1 aliphatic rings. The molecule has 5 nitrogen and oxygen atoms in total. The van der Waals surface area contributed by atoms with Crippen molar-refractivity contribution < 1.29 is 23.5 Å². The lowest BCUT2D eigenvalue weighted by Crippen LogP contribution is -2.53. The Hall–Kier alpha value is -2.15. The molecule has 0 radical (unpaired) electrons. The van der Waals surface area contributed by atoms with Gasteiger partial charge in [-0.1, -0.05) is 11.6 Å². The second-order valence-electron chi connectivity index (χ2n) is 6.99.